The lowest BCUT2D eigenvalue weighted by Gasteiger charge is -2.10. The van der Waals surface area contributed by atoms with E-state index >= 15 is 0 Å². The van der Waals surface area contributed by atoms with Crippen molar-refractivity contribution in [3.05, 3.63) is 107 Å². The maximum absolute atomic E-state index is 14.0. The standard InChI is InChI=1S/C28H23FN8O/c1-2-22(38)33-17-11-15(12-32-13-17)20-9-7-19(30)25(34-20)23(31)28-36-24-18(14-4-3-5-16(29)10-14)6-8-21-26(35-21)27(24)37-28/h3-13,26,31,35H,2,30H2,1H3,(H,33,38)(H,36,37)/p-1. The molecule has 1 saturated heterocycles. The van der Waals surface area contributed by atoms with Crippen molar-refractivity contribution in [3.63, 3.8) is 0 Å². The van der Waals surface area contributed by atoms with Gasteiger partial charge in [0.1, 0.15) is 23.3 Å². The molecule has 9 nitrogen and oxygen atoms in total. The summed E-state index contributed by atoms with van der Waals surface area (Å²) in [7, 11) is 0. The number of nitrogen functional groups attached to an aromatic ring is 1. The van der Waals surface area contributed by atoms with Crippen molar-refractivity contribution in [1.82, 2.24) is 25.3 Å². The van der Waals surface area contributed by atoms with Gasteiger partial charge in [-0.05, 0) is 54.3 Å². The molecule has 0 saturated carbocycles. The summed E-state index contributed by atoms with van der Waals surface area (Å²) in [6, 6.07) is 11.4. The van der Waals surface area contributed by atoms with Crippen LogP contribution in [0, 0.1) is 11.2 Å². The second-order valence-corrected chi connectivity index (χ2v) is 8.94. The summed E-state index contributed by atoms with van der Waals surface area (Å²) in [4.78, 5) is 20.9. The highest BCUT2D eigenvalue weighted by atomic mass is 19.1. The molecule has 1 fully saturated rings. The first kappa shape index (κ1) is 23.3. The molecule has 4 aromatic rings. The number of nitrogens with two attached hydrogens (primary N) is 1. The van der Waals surface area contributed by atoms with Crippen LogP contribution >= 0.6 is 0 Å². The van der Waals surface area contributed by atoms with Crippen LogP contribution < -0.4 is 16.2 Å². The van der Waals surface area contributed by atoms with Crippen LogP contribution in [0.2, 0.25) is 0 Å². The van der Waals surface area contributed by atoms with Gasteiger partial charge in [-0.15, -0.1) is 0 Å². The molecule has 0 radical (unpaired) electrons. The zero-order valence-corrected chi connectivity index (χ0v) is 20.3. The summed E-state index contributed by atoms with van der Waals surface area (Å²) in [5.74, 6) is -0.295. The number of anilines is 1. The van der Waals surface area contributed by atoms with Gasteiger partial charge in [0, 0.05) is 23.0 Å². The molecule has 1 aromatic carbocycles. The number of fused-ring (bicyclic) bond motifs is 3. The molecule has 2 aliphatic rings. The minimum atomic E-state index is -0.340. The fourth-order valence-electron chi connectivity index (χ4n) is 4.35. The second-order valence-electron chi connectivity index (χ2n) is 8.94. The van der Waals surface area contributed by atoms with Gasteiger partial charge < -0.3 is 21.1 Å². The van der Waals surface area contributed by atoms with Gasteiger partial charge in [0.15, 0.2) is 5.82 Å². The van der Waals surface area contributed by atoms with Crippen LogP contribution in [0.25, 0.3) is 16.8 Å². The highest BCUT2D eigenvalue weighted by Crippen LogP contribution is 2.41. The minimum Gasteiger partial charge on any atom is -0.862 e. The summed E-state index contributed by atoms with van der Waals surface area (Å²) in [6.07, 6.45) is 7.27. The van der Waals surface area contributed by atoms with Gasteiger partial charge >= 0.3 is 0 Å². The molecule has 1 atom stereocenters. The van der Waals surface area contributed by atoms with Crippen LogP contribution in [0.5, 0.6) is 0 Å². The van der Waals surface area contributed by atoms with Crippen LogP contribution in [0.1, 0.15) is 47.9 Å². The largest absolute Gasteiger partial charge is 0.862 e. The van der Waals surface area contributed by atoms with Gasteiger partial charge in [0.25, 0.3) is 0 Å². The number of nitrogens with zero attached hydrogens (tertiary/aromatic N) is 4. The quantitative estimate of drug-likeness (QED) is 0.177. The second kappa shape index (κ2) is 9.07. The lowest BCUT2D eigenvalue weighted by Crippen LogP contribution is -2.14. The molecule has 3 aromatic heterocycles. The Morgan fingerprint density at radius 1 is 1.13 bits per heavy atom. The molecule has 1 aliphatic carbocycles. The zero-order chi connectivity index (χ0) is 26.4. The third-order valence-corrected chi connectivity index (χ3v) is 6.36. The van der Waals surface area contributed by atoms with Gasteiger partial charge in [-0.2, -0.15) is 0 Å². The highest BCUT2D eigenvalue weighted by Gasteiger charge is 2.37. The van der Waals surface area contributed by atoms with Crippen molar-refractivity contribution in [2.45, 2.75) is 19.4 Å². The van der Waals surface area contributed by atoms with E-state index in [9.17, 15) is 9.50 Å². The Kier molecular flexibility index (Phi) is 5.56. The normalized spacial score (nSPS) is 15.9. The molecule has 10 heteroatoms. The fourth-order valence-corrected chi connectivity index (χ4v) is 4.35. The van der Waals surface area contributed by atoms with E-state index in [-0.39, 0.29) is 29.2 Å². The smallest absolute Gasteiger partial charge is 0.158 e. The molecule has 1 unspecified atom stereocenters. The van der Waals surface area contributed by atoms with Gasteiger partial charge in [-0.3, -0.25) is 15.4 Å². The third-order valence-electron chi connectivity index (χ3n) is 6.36. The number of aromatic nitrogens is 4. The van der Waals surface area contributed by atoms with E-state index in [1.807, 2.05) is 18.2 Å². The highest BCUT2D eigenvalue weighted by molar-refractivity contribution is 6.11. The van der Waals surface area contributed by atoms with Crippen LogP contribution in [0.3, 0.4) is 0 Å². The number of hydrogen-bond acceptors (Lipinski definition) is 8. The molecule has 0 spiro atoms. The summed E-state index contributed by atoms with van der Waals surface area (Å²) >= 11 is 0. The van der Waals surface area contributed by atoms with Crippen molar-refractivity contribution in [2.75, 3.05) is 5.73 Å². The van der Waals surface area contributed by atoms with Gasteiger partial charge in [-0.1, -0.05) is 25.1 Å². The first-order valence-corrected chi connectivity index (χ1v) is 12.0. The number of nitrogens with one attached hydrogen (secondary N) is 3. The molecule has 5 N–H and O–H groups in total. The molecule has 38 heavy (non-hydrogen) atoms. The Balaban J connectivity index is 1.38. The number of hydrogen-bond donors (Lipinski definition) is 4. The summed E-state index contributed by atoms with van der Waals surface area (Å²) in [5.41, 5.74) is 12.3. The third kappa shape index (κ3) is 4.21. The number of pyridine rings is 2. The first-order chi connectivity index (χ1) is 18.4. The summed E-state index contributed by atoms with van der Waals surface area (Å²) in [5, 5.41) is 23.9. The number of halogens is 1. The van der Waals surface area contributed by atoms with E-state index in [4.69, 9.17) is 16.1 Å². The van der Waals surface area contributed by atoms with Crippen molar-refractivity contribution < 1.29 is 9.50 Å². The topological polar surface area (TPSA) is 162 Å². The zero-order valence-electron chi connectivity index (χ0n) is 20.3. The van der Waals surface area contributed by atoms with E-state index < -0.39 is 0 Å². The molecule has 6 rings (SSSR count). The number of imidazole rings is 1. The number of H-pyrrole nitrogens is 1. The van der Waals surface area contributed by atoms with Crippen molar-refractivity contribution >= 4 is 28.6 Å². The molecular formula is C28H22FN8O-. The fraction of sp³-hybridized carbons (Fsp3) is 0.107. The predicted octanol–water partition coefficient (Wildman–Crippen LogP) is 3.78. The average molecular weight is 506 g/mol. The number of allylic oxidation sites excluding steroid dienone is 2. The summed E-state index contributed by atoms with van der Waals surface area (Å²) in [6.45, 7) is 1.74. The number of aromatic amines is 1. The number of benzene rings is 1. The summed E-state index contributed by atoms with van der Waals surface area (Å²) < 4.78 is 14.0. The Morgan fingerprint density at radius 3 is 2.82 bits per heavy atom. The predicted molar refractivity (Wildman–Crippen MR) is 141 cm³/mol. The van der Waals surface area contributed by atoms with Gasteiger partial charge in [0.2, 0.25) is 0 Å². The number of rotatable bonds is 6. The minimum absolute atomic E-state index is 0.0113. The lowest BCUT2D eigenvalue weighted by molar-refractivity contribution is -0.218. The average Bonchev–Trinajstić information content (AvgIpc) is 3.59. The van der Waals surface area contributed by atoms with E-state index in [0.717, 1.165) is 17.0 Å². The van der Waals surface area contributed by atoms with Crippen molar-refractivity contribution in [2.24, 2.45) is 4.99 Å². The van der Waals surface area contributed by atoms with E-state index in [1.54, 1.807) is 37.4 Å². The molecule has 188 valence electrons. The Morgan fingerprint density at radius 2 is 2.00 bits per heavy atom. The molecule has 1 aliphatic heterocycles. The van der Waals surface area contributed by atoms with Gasteiger partial charge in [-0.25, -0.2) is 14.4 Å². The molecule has 0 bridgehead atoms. The lowest BCUT2D eigenvalue weighted by atomic mass is 10.0. The monoisotopic (exact) mass is 505 g/mol. The SMILES string of the molecule is CCC([O-])=Nc1cncc(-c2ccc(N)c(C(=N)c3nc4c([nH]3)C3NC3=CC=C4c3cccc(F)c3)n2)c1. The van der Waals surface area contributed by atoms with Crippen molar-refractivity contribution in [1.29, 1.82) is 5.41 Å². The van der Waals surface area contributed by atoms with E-state index in [1.165, 1.54) is 18.3 Å². The number of aliphatic imine (C=N–C) groups is 1. The van der Waals surface area contributed by atoms with Crippen LogP contribution in [0.4, 0.5) is 15.8 Å². The van der Waals surface area contributed by atoms with Gasteiger partial charge in [0.05, 0.1) is 34.7 Å². The van der Waals surface area contributed by atoms with Crippen molar-refractivity contribution in [3.8, 4) is 11.3 Å². The Bertz CT molecular complexity index is 1700. The molecule has 0 amide bonds. The van der Waals surface area contributed by atoms with E-state index in [0.29, 0.717) is 46.1 Å². The Labute approximate surface area is 217 Å². The van der Waals surface area contributed by atoms with Crippen LogP contribution in [-0.2, 0) is 0 Å². The Hall–Kier alpha value is -5.12. The maximum Gasteiger partial charge on any atom is 0.158 e. The molecule has 4 heterocycles. The molecular weight excluding hydrogens is 483 g/mol. The van der Waals surface area contributed by atoms with Crippen LogP contribution in [0.15, 0.2) is 77.7 Å². The maximum atomic E-state index is 14.0. The van der Waals surface area contributed by atoms with E-state index in [2.05, 4.69) is 25.3 Å². The first-order valence-electron chi connectivity index (χ1n) is 12.0. The van der Waals surface area contributed by atoms with Crippen LogP contribution in [-0.4, -0.2) is 31.5 Å².